The van der Waals surface area contributed by atoms with Gasteiger partial charge in [-0.25, -0.2) is 14.4 Å². The third-order valence-corrected chi connectivity index (χ3v) is 5.25. The average molecular weight is 497 g/mol. The van der Waals surface area contributed by atoms with Crippen molar-refractivity contribution in [2.45, 2.75) is 76.3 Å². The fourth-order valence-electron chi connectivity index (χ4n) is 3.64. The van der Waals surface area contributed by atoms with Crippen molar-refractivity contribution in [3.05, 3.63) is 11.8 Å². The van der Waals surface area contributed by atoms with E-state index >= 15 is 0 Å². The summed E-state index contributed by atoms with van der Waals surface area (Å²) >= 11 is 0. The van der Waals surface area contributed by atoms with Crippen LogP contribution in [-0.2, 0) is 19.8 Å². The molecule has 3 atom stereocenters. The number of nitrogens with one attached hydrogen (secondary N) is 3. The van der Waals surface area contributed by atoms with Gasteiger partial charge in [-0.2, -0.15) is 5.26 Å². The molecule has 1 aliphatic rings. The molecule has 0 aromatic carbocycles. The lowest BCUT2D eigenvalue weighted by atomic mass is 9.67. The third-order valence-electron chi connectivity index (χ3n) is 5.25. The van der Waals surface area contributed by atoms with E-state index in [0.29, 0.717) is 0 Å². The van der Waals surface area contributed by atoms with Gasteiger partial charge in [0.05, 0.1) is 25.9 Å². The van der Waals surface area contributed by atoms with Crippen LogP contribution in [0.5, 0.6) is 0 Å². The Morgan fingerprint density at radius 1 is 1.29 bits per heavy atom. The third kappa shape index (κ3) is 7.27. The lowest BCUT2D eigenvalue weighted by molar-refractivity contribution is -0.143. The van der Waals surface area contributed by atoms with Gasteiger partial charge in [-0.1, -0.05) is 0 Å². The Bertz CT molecular complexity index is 944. The van der Waals surface area contributed by atoms with Gasteiger partial charge in [-0.3, -0.25) is 0 Å². The molecule has 35 heavy (non-hydrogen) atoms. The molecule has 14 nitrogen and oxygen atoms in total. The summed E-state index contributed by atoms with van der Waals surface area (Å²) in [5.41, 5.74) is -1.94. The Labute approximate surface area is 202 Å². The first-order valence-corrected chi connectivity index (χ1v) is 11.0. The normalized spacial score (nSPS) is 21.9. The number of carbonyl (C=O) groups excluding carboxylic acids is 3. The Morgan fingerprint density at radius 2 is 1.94 bits per heavy atom. The number of aliphatic hydroxyl groups is 2. The number of amides is 3. The van der Waals surface area contributed by atoms with Crippen LogP contribution in [0.1, 0.15) is 64.8 Å². The minimum atomic E-state index is -1.29. The van der Waals surface area contributed by atoms with Crippen LogP contribution in [0.4, 0.5) is 9.59 Å². The van der Waals surface area contributed by atoms with E-state index in [-0.39, 0.29) is 37.0 Å². The Kier molecular flexibility index (Phi) is 9.00. The monoisotopic (exact) mass is 496 g/mol. The number of methoxy groups -OCH3 is 1. The number of aromatic nitrogens is 2. The number of ether oxygens (including phenoxy) is 2. The van der Waals surface area contributed by atoms with Gasteiger partial charge >= 0.3 is 18.1 Å². The molecule has 5 N–H and O–H groups in total. The zero-order valence-corrected chi connectivity index (χ0v) is 20.3. The number of esters is 1. The first-order valence-electron chi connectivity index (χ1n) is 11.0. The second kappa shape index (κ2) is 11.3. The summed E-state index contributed by atoms with van der Waals surface area (Å²) in [6.45, 7) is 5.80. The van der Waals surface area contributed by atoms with E-state index in [9.17, 15) is 24.6 Å². The van der Waals surface area contributed by atoms with Crippen molar-refractivity contribution in [2.24, 2.45) is 5.92 Å². The number of nitrogens with zero attached hydrogens (tertiary/aromatic N) is 3. The van der Waals surface area contributed by atoms with E-state index in [1.165, 1.54) is 6.92 Å². The van der Waals surface area contributed by atoms with Crippen LogP contribution in [0.2, 0.25) is 0 Å². The van der Waals surface area contributed by atoms with E-state index in [2.05, 4.69) is 37.0 Å². The highest BCUT2D eigenvalue weighted by molar-refractivity contribution is 5.84. The quantitative estimate of drug-likeness (QED) is 0.295. The number of alkyl carbamates (subject to hydrolysis) is 1. The van der Waals surface area contributed by atoms with Gasteiger partial charge in [0.1, 0.15) is 17.2 Å². The van der Waals surface area contributed by atoms with Crippen LogP contribution in [0, 0.1) is 17.2 Å². The summed E-state index contributed by atoms with van der Waals surface area (Å²) in [5.74, 6) is -1.01. The zero-order chi connectivity index (χ0) is 26.4. The summed E-state index contributed by atoms with van der Waals surface area (Å²) in [6.07, 6.45) is -1.11. The van der Waals surface area contributed by atoms with Gasteiger partial charge in [0.2, 0.25) is 11.8 Å². The summed E-state index contributed by atoms with van der Waals surface area (Å²) < 4.78 is 15.5. The number of nitriles is 1. The summed E-state index contributed by atoms with van der Waals surface area (Å²) in [6, 6.07) is -1.11. The van der Waals surface area contributed by atoms with Crippen LogP contribution >= 0.6 is 0 Å². The molecule has 0 bridgehead atoms. The fourth-order valence-corrected chi connectivity index (χ4v) is 3.64. The standard InChI is InChI=1S/C21H32N6O8/c1-11(29)14(24-19(32)35-20(2,3)4)15-26-27-17(34-15)21(8-12(9-21)6-7-22)25-18(31)23-13(10-28)16(30)33-5/h11-14,28-29H,6,8-10H2,1-5H3,(H,24,32)(H2,23,25,31)/t11-,12?,13+,14+,21?/m1/s1. The highest BCUT2D eigenvalue weighted by Crippen LogP contribution is 2.46. The van der Waals surface area contributed by atoms with Crippen LogP contribution < -0.4 is 16.0 Å². The molecule has 1 aromatic heterocycles. The Morgan fingerprint density at radius 3 is 2.46 bits per heavy atom. The smallest absolute Gasteiger partial charge is 0.408 e. The van der Waals surface area contributed by atoms with Crippen molar-refractivity contribution < 1.29 is 38.5 Å². The Hall–Kier alpha value is -3.44. The SMILES string of the molecule is COC(=O)[C@H](CO)NC(=O)NC1(c2nnc([C@@H](NC(=O)OC(C)(C)C)[C@@H](C)O)o2)CC(CC#N)C1. The minimum absolute atomic E-state index is 0.00732. The van der Waals surface area contributed by atoms with Crippen LogP contribution in [0.25, 0.3) is 0 Å². The molecule has 2 rings (SSSR count). The molecule has 1 aliphatic carbocycles. The predicted molar refractivity (Wildman–Crippen MR) is 117 cm³/mol. The lowest BCUT2D eigenvalue weighted by Crippen LogP contribution is -2.59. The van der Waals surface area contributed by atoms with Crippen molar-refractivity contribution in [1.82, 2.24) is 26.1 Å². The molecule has 0 aliphatic heterocycles. The number of rotatable bonds is 9. The molecule has 0 saturated heterocycles. The van der Waals surface area contributed by atoms with Crippen LogP contribution in [0.3, 0.4) is 0 Å². The van der Waals surface area contributed by atoms with Crippen molar-refractivity contribution in [1.29, 1.82) is 5.26 Å². The van der Waals surface area contributed by atoms with Crippen molar-refractivity contribution in [2.75, 3.05) is 13.7 Å². The van der Waals surface area contributed by atoms with Crippen molar-refractivity contribution in [3.63, 3.8) is 0 Å². The molecule has 14 heteroatoms. The maximum absolute atomic E-state index is 12.6. The molecule has 1 aromatic rings. The summed E-state index contributed by atoms with van der Waals surface area (Å²) in [5, 5.41) is 43.9. The van der Waals surface area contributed by atoms with E-state index in [4.69, 9.17) is 14.4 Å². The highest BCUT2D eigenvalue weighted by atomic mass is 16.6. The number of hydrogen-bond acceptors (Lipinski definition) is 11. The van der Waals surface area contributed by atoms with Crippen molar-refractivity contribution >= 4 is 18.1 Å². The molecule has 0 radical (unpaired) electrons. The van der Waals surface area contributed by atoms with Gasteiger partial charge in [-0.15, -0.1) is 10.2 Å². The molecule has 1 fully saturated rings. The number of urea groups is 1. The summed E-state index contributed by atoms with van der Waals surface area (Å²) in [4.78, 5) is 36.5. The minimum Gasteiger partial charge on any atom is -0.467 e. The van der Waals surface area contributed by atoms with Gasteiger partial charge in [0.15, 0.2) is 6.04 Å². The molecule has 0 unspecified atom stereocenters. The van der Waals surface area contributed by atoms with Crippen molar-refractivity contribution in [3.8, 4) is 6.07 Å². The molecule has 194 valence electrons. The molecule has 3 amide bonds. The topological polar surface area (TPSA) is 209 Å². The van der Waals surface area contributed by atoms with E-state index in [1.807, 2.05) is 0 Å². The van der Waals surface area contributed by atoms with E-state index in [1.54, 1.807) is 20.8 Å². The number of carbonyl (C=O) groups is 3. The maximum Gasteiger partial charge on any atom is 0.408 e. The van der Waals surface area contributed by atoms with Gasteiger partial charge in [0.25, 0.3) is 0 Å². The average Bonchev–Trinajstić information content (AvgIpc) is 3.22. The van der Waals surface area contributed by atoms with E-state index < -0.39 is 54.0 Å². The molecule has 1 saturated carbocycles. The van der Waals surface area contributed by atoms with Gasteiger partial charge < -0.3 is 40.1 Å². The number of hydrogen-bond donors (Lipinski definition) is 5. The van der Waals surface area contributed by atoms with Gasteiger partial charge in [-0.05, 0) is 46.5 Å². The van der Waals surface area contributed by atoms with Crippen LogP contribution in [-0.4, -0.2) is 70.0 Å². The second-order valence-electron chi connectivity index (χ2n) is 9.39. The predicted octanol–water partition coefficient (Wildman–Crippen LogP) is 0.368. The highest BCUT2D eigenvalue weighted by Gasteiger charge is 2.51. The first kappa shape index (κ1) is 27.8. The second-order valence-corrected chi connectivity index (χ2v) is 9.39. The van der Waals surface area contributed by atoms with Gasteiger partial charge in [0, 0.05) is 6.42 Å². The zero-order valence-electron chi connectivity index (χ0n) is 20.3. The summed E-state index contributed by atoms with van der Waals surface area (Å²) in [7, 11) is 1.12. The largest absolute Gasteiger partial charge is 0.467 e. The molecule has 0 spiro atoms. The first-order chi connectivity index (χ1) is 16.3. The maximum atomic E-state index is 12.6. The van der Waals surface area contributed by atoms with E-state index in [0.717, 1.165) is 7.11 Å². The number of aliphatic hydroxyl groups excluding tert-OH is 2. The lowest BCUT2D eigenvalue weighted by Gasteiger charge is -2.44. The molecule has 1 heterocycles. The van der Waals surface area contributed by atoms with Crippen LogP contribution in [0.15, 0.2) is 4.42 Å². The fraction of sp³-hybridized carbons (Fsp3) is 0.714. The Balaban J connectivity index is 2.24. The molecular weight excluding hydrogens is 464 g/mol. The molecular formula is C21H32N6O8.